The zero-order chi connectivity index (χ0) is 15.4. The largest absolute Gasteiger partial charge is 0.497 e. The Balaban J connectivity index is 2.56. The van der Waals surface area contributed by atoms with Crippen LogP contribution in [0.25, 0.3) is 0 Å². The first-order valence-corrected chi connectivity index (χ1v) is 7.24. The Morgan fingerprint density at radius 3 is 2.43 bits per heavy atom. The second-order valence-electron chi connectivity index (χ2n) is 4.50. The standard InChI is InChI=1S/C16H17BrFNO2/c1-19-16(12-9-11(20-2)5-6-14(12)17)13-8-10(18)4-7-15(13)21-3/h4-9,16,19H,1-3H3. The molecule has 0 aliphatic rings. The van der Waals surface area contributed by atoms with Gasteiger partial charge in [0, 0.05) is 10.0 Å². The van der Waals surface area contributed by atoms with Crippen molar-refractivity contribution in [1.29, 1.82) is 0 Å². The average molecular weight is 354 g/mol. The van der Waals surface area contributed by atoms with Crippen LogP contribution in [0.1, 0.15) is 17.2 Å². The van der Waals surface area contributed by atoms with Crippen LogP contribution in [0.5, 0.6) is 11.5 Å². The van der Waals surface area contributed by atoms with Crippen molar-refractivity contribution in [3.8, 4) is 11.5 Å². The van der Waals surface area contributed by atoms with Gasteiger partial charge in [-0.15, -0.1) is 0 Å². The minimum Gasteiger partial charge on any atom is -0.497 e. The number of benzene rings is 2. The van der Waals surface area contributed by atoms with Crippen LogP contribution in [-0.4, -0.2) is 21.3 Å². The molecule has 0 aromatic heterocycles. The molecule has 0 bridgehead atoms. The number of rotatable bonds is 5. The van der Waals surface area contributed by atoms with Crippen molar-refractivity contribution in [1.82, 2.24) is 5.32 Å². The molecule has 0 aliphatic heterocycles. The summed E-state index contributed by atoms with van der Waals surface area (Å²) in [5, 5.41) is 3.20. The van der Waals surface area contributed by atoms with E-state index in [1.165, 1.54) is 12.1 Å². The normalized spacial score (nSPS) is 12.0. The number of ether oxygens (including phenoxy) is 2. The summed E-state index contributed by atoms with van der Waals surface area (Å²) in [4.78, 5) is 0. The predicted molar refractivity (Wildman–Crippen MR) is 84.5 cm³/mol. The monoisotopic (exact) mass is 353 g/mol. The van der Waals surface area contributed by atoms with E-state index in [0.717, 1.165) is 21.3 Å². The smallest absolute Gasteiger partial charge is 0.124 e. The van der Waals surface area contributed by atoms with Gasteiger partial charge in [0.15, 0.2) is 0 Å². The van der Waals surface area contributed by atoms with Crippen molar-refractivity contribution in [3.05, 3.63) is 57.8 Å². The molecule has 0 radical (unpaired) electrons. The second-order valence-corrected chi connectivity index (χ2v) is 5.35. The molecule has 0 saturated carbocycles. The fourth-order valence-electron chi connectivity index (χ4n) is 2.28. The summed E-state index contributed by atoms with van der Waals surface area (Å²) in [6, 6.07) is 9.95. The quantitative estimate of drug-likeness (QED) is 0.883. The number of methoxy groups -OCH3 is 2. The minimum absolute atomic E-state index is 0.222. The van der Waals surface area contributed by atoms with E-state index in [4.69, 9.17) is 9.47 Å². The molecule has 1 unspecified atom stereocenters. The van der Waals surface area contributed by atoms with E-state index in [1.54, 1.807) is 20.3 Å². The van der Waals surface area contributed by atoms with Gasteiger partial charge in [-0.3, -0.25) is 0 Å². The maximum absolute atomic E-state index is 13.6. The lowest BCUT2D eigenvalue weighted by atomic mass is 9.97. The third-order valence-corrected chi connectivity index (χ3v) is 4.03. The first kappa shape index (κ1) is 15.8. The summed E-state index contributed by atoms with van der Waals surface area (Å²) in [5.74, 6) is 1.07. The molecule has 0 amide bonds. The van der Waals surface area contributed by atoms with Gasteiger partial charge >= 0.3 is 0 Å². The fourth-order valence-corrected chi connectivity index (χ4v) is 2.75. The zero-order valence-electron chi connectivity index (χ0n) is 12.1. The molecular weight excluding hydrogens is 337 g/mol. The molecule has 0 aliphatic carbocycles. The molecule has 5 heteroatoms. The highest BCUT2D eigenvalue weighted by atomic mass is 79.9. The molecule has 21 heavy (non-hydrogen) atoms. The van der Waals surface area contributed by atoms with E-state index in [2.05, 4.69) is 21.2 Å². The molecule has 0 spiro atoms. The fraction of sp³-hybridized carbons (Fsp3) is 0.250. The molecule has 112 valence electrons. The second kappa shape index (κ2) is 6.91. The van der Waals surface area contributed by atoms with Gasteiger partial charge in [0.25, 0.3) is 0 Å². The van der Waals surface area contributed by atoms with Crippen molar-refractivity contribution in [3.63, 3.8) is 0 Å². The zero-order valence-corrected chi connectivity index (χ0v) is 13.7. The predicted octanol–water partition coefficient (Wildman–Crippen LogP) is 3.91. The SMILES string of the molecule is CNC(c1cc(OC)ccc1Br)c1cc(F)ccc1OC. The molecule has 0 saturated heterocycles. The summed E-state index contributed by atoms with van der Waals surface area (Å²) in [6.45, 7) is 0. The number of hydrogen-bond donors (Lipinski definition) is 1. The van der Waals surface area contributed by atoms with Crippen molar-refractivity contribution >= 4 is 15.9 Å². The van der Waals surface area contributed by atoms with E-state index in [0.29, 0.717) is 5.75 Å². The highest BCUT2D eigenvalue weighted by Crippen LogP contribution is 2.35. The first-order chi connectivity index (χ1) is 10.1. The summed E-state index contributed by atoms with van der Waals surface area (Å²) < 4.78 is 25.1. The maximum atomic E-state index is 13.6. The Hall–Kier alpha value is -1.59. The van der Waals surface area contributed by atoms with E-state index in [-0.39, 0.29) is 11.9 Å². The minimum atomic E-state index is -0.301. The average Bonchev–Trinajstić information content (AvgIpc) is 2.50. The third-order valence-electron chi connectivity index (χ3n) is 3.31. The van der Waals surface area contributed by atoms with Gasteiger partial charge in [-0.1, -0.05) is 15.9 Å². The molecule has 2 aromatic rings. The van der Waals surface area contributed by atoms with Gasteiger partial charge in [0.2, 0.25) is 0 Å². The van der Waals surface area contributed by atoms with Gasteiger partial charge in [0.1, 0.15) is 17.3 Å². The Morgan fingerprint density at radius 2 is 1.81 bits per heavy atom. The van der Waals surface area contributed by atoms with Gasteiger partial charge < -0.3 is 14.8 Å². The van der Waals surface area contributed by atoms with E-state index in [1.807, 2.05) is 25.2 Å². The number of halogens is 2. The summed E-state index contributed by atoms with van der Waals surface area (Å²) in [5.41, 5.74) is 1.68. The lowest BCUT2D eigenvalue weighted by Gasteiger charge is -2.21. The van der Waals surface area contributed by atoms with E-state index >= 15 is 0 Å². The van der Waals surface area contributed by atoms with Crippen molar-refractivity contribution < 1.29 is 13.9 Å². The topological polar surface area (TPSA) is 30.5 Å². The van der Waals surface area contributed by atoms with Crippen LogP contribution in [0.3, 0.4) is 0 Å². The highest BCUT2D eigenvalue weighted by molar-refractivity contribution is 9.10. The van der Waals surface area contributed by atoms with Crippen LogP contribution >= 0.6 is 15.9 Å². The molecular formula is C16H17BrFNO2. The Kier molecular flexibility index (Phi) is 5.20. The van der Waals surface area contributed by atoms with Crippen LogP contribution in [0.4, 0.5) is 4.39 Å². The maximum Gasteiger partial charge on any atom is 0.124 e. The lowest BCUT2D eigenvalue weighted by Crippen LogP contribution is -2.19. The van der Waals surface area contributed by atoms with Crippen LogP contribution in [0, 0.1) is 5.82 Å². The molecule has 0 heterocycles. The Bertz CT molecular complexity index is 634. The summed E-state index contributed by atoms with van der Waals surface area (Å²) >= 11 is 3.53. The number of hydrogen-bond acceptors (Lipinski definition) is 3. The molecule has 0 fully saturated rings. The molecule has 2 aromatic carbocycles. The van der Waals surface area contributed by atoms with Crippen LogP contribution in [0.15, 0.2) is 40.9 Å². The summed E-state index contributed by atoms with van der Waals surface area (Å²) in [6.07, 6.45) is 0. The van der Waals surface area contributed by atoms with Gasteiger partial charge in [0.05, 0.1) is 20.3 Å². The molecule has 1 N–H and O–H groups in total. The van der Waals surface area contributed by atoms with Crippen molar-refractivity contribution in [2.45, 2.75) is 6.04 Å². The van der Waals surface area contributed by atoms with Crippen LogP contribution < -0.4 is 14.8 Å². The van der Waals surface area contributed by atoms with Crippen LogP contribution in [-0.2, 0) is 0 Å². The Morgan fingerprint density at radius 1 is 1.05 bits per heavy atom. The molecule has 3 nitrogen and oxygen atoms in total. The van der Waals surface area contributed by atoms with Crippen molar-refractivity contribution in [2.75, 3.05) is 21.3 Å². The first-order valence-electron chi connectivity index (χ1n) is 6.44. The van der Waals surface area contributed by atoms with Crippen molar-refractivity contribution in [2.24, 2.45) is 0 Å². The number of nitrogens with one attached hydrogen (secondary N) is 1. The van der Waals surface area contributed by atoms with Gasteiger partial charge in [-0.25, -0.2) is 4.39 Å². The Labute approximate surface area is 132 Å². The third kappa shape index (κ3) is 3.36. The van der Waals surface area contributed by atoms with E-state index in [9.17, 15) is 4.39 Å². The highest BCUT2D eigenvalue weighted by Gasteiger charge is 2.20. The molecule has 1 atom stereocenters. The lowest BCUT2D eigenvalue weighted by molar-refractivity contribution is 0.402. The van der Waals surface area contributed by atoms with E-state index < -0.39 is 0 Å². The van der Waals surface area contributed by atoms with Gasteiger partial charge in [-0.2, -0.15) is 0 Å². The van der Waals surface area contributed by atoms with Crippen LogP contribution in [0.2, 0.25) is 0 Å². The van der Waals surface area contributed by atoms with Gasteiger partial charge in [-0.05, 0) is 49.0 Å². The summed E-state index contributed by atoms with van der Waals surface area (Å²) in [7, 11) is 5.01. The molecule has 2 rings (SSSR count).